The summed E-state index contributed by atoms with van der Waals surface area (Å²) in [4.78, 5) is 29.8. The number of hydrogen-bond donors (Lipinski definition) is 12. The van der Waals surface area contributed by atoms with Gasteiger partial charge in [0.2, 0.25) is 0 Å². The van der Waals surface area contributed by atoms with Gasteiger partial charge in [-0.15, -0.1) is 0 Å². The zero-order valence-corrected chi connectivity index (χ0v) is 17.4. The van der Waals surface area contributed by atoms with Crippen molar-refractivity contribution in [3.63, 3.8) is 0 Å². The molecule has 0 rings (SSSR count). The van der Waals surface area contributed by atoms with Crippen molar-refractivity contribution in [2.75, 3.05) is 19.8 Å². The van der Waals surface area contributed by atoms with E-state index >= 15 is 0 Å². The second-order valence-electron chi connectivity index (χ2n) is 6.45. The summed E-state index contributed by atoms with van der Waals surface area (Å²) in [7, 11) is 0. The third-order valence-corrected chi connectivity index (χ3v) is 3.78. The van der Waals surface area contributed by atoms with Gasteiger partial charge >= 0.3 is 5.97 Å². The zero-order chi connectivity index (χ0) is 25.9. The smallest absolute Gasteiger partial charge is 0.320 e. The van der Waals surface area contributed by atoms with E-state index in [4.69, 9.17) is 62.5 Å². The molecule has 0 aliphatic rings. The molecule has 15 nitrogen and oxygen atoms in total. The van der Waals surface area contributed by atoms with Gasteiger partial charge < -0.3 is 72.1 Å². The fourth-order valence-corrected chi connectivity index (χ4v) is 1.67. The Morgan fingerprint density at radius 1 is 0.750 bits per heavy atom. The Hall–Kier alpha value is -1.63. The Morgan fingerprint density at radius 3 is 1.50 bits per heavy atom. The minimum absolute atomic E-state index is 0.0258. The van der Waals surface area contributed by atoms with Crippen molar-refractivity contribution in [3.8, 4) is 0 Å². The van der Waals surface area contributed by atoms with Crippen molar-refractivity contribution < 1.29 is 65.4 Å². The van der Waals surface area contributed by atoms with Gasteiger partial charge in [-0.05, 0) is 19.4 Å². The number of unbranched alkanes of at least 4 members (excludes halogenated alkanes) is 1. The molecule has 32 heavy (non-hydrogen) atoms. The second kappa shape index (κ2) is 21.2. The molecule has 0 aliphatic carbocycles. The molecule has 0 fully saturated rings. The first-order chi connectivity index (χ1) is 14.9. The molecule has 8 atom stereocenters. The molecule has 0 aromatic heterocycles. The third kappa shape index (κ3) is 17.0. The Labute approximate surface area is 184 Å². The van der Waals surface area contributed by atoms with Gasteiger partial charge in [0.25, 0.3) is 0 Å². The van der Waals surface area contributed by atoms with Gasteiger partial charge in [-0.3, -0.25) is 4.79 Å². The largest absolute Gasteiger partial charge is 0.480 e. The van der Waals surface area contributed by atoms with Crippen molar-refractivity contribution in [1.82, 2.24) is 0 Å². The van der Waals surface area contributed by atoms with Crippen molar-refractivity contribution in [1.29, 1.82) is 0 Å². The molecule has 15 heteroatoms. The molecular weight excluding hydrogens is 440 g/mol. The monoisotopic (exact) mass is 476 g/mol. The number of hydrogen-bond acceptors (Lipinski definition) is 14. The van der Waals surface area contributed by atoms with Crippen molar-refractivity contribution in [3.05, 3.63) is 0 Å². The summed E-state index contributed by atoms with van der Waals surface area (Å²) in [6.45, 7) is -0.845. The Bertz CT molecular complexity index is 485. The highest BCUT2D eigenvalue weighted by molar-refractivity contribution is 5.72. The van der Waals surface area contributed by atoms with Crippen LogP contribution in [-0.4, -0.2) is 138 Å². The first-order valence-corrected chi connectivity index (χ1v) is 9.43. The van der Waals surface area contributed by atoms with E-state index in [1.807, 2.05) is 0 Å². The van der Waals surface area contributed by atoms with Crippen molar-refractivity contribution in [2.24, 2.45) is 11.5 Å². The number of aliphatic carboxylic acids is 1. The number of nitrogens with two attached hydrogens (primary N) is 2. The first-order valence-electron chi connectivity index (χ1n) is 9.43. The fourth-order valence-electron chi connectivity index (χ4n) is 1.67. The number of aliphatic hydroxyl groups excluding tert-OH is 9. The van der Waals surface area contributed by atoms with Crippen LogP contribution in [-0.2, 0) is 14.4 Å². The van der Waals surface area contributed by atoms with E-state index in [1.54, 1.807) is 0 Å². The van der Waals surface area contributed by atoms with Gasteiger partial charge in [-0.1, -0.05) is 6.42 Å². The summed E-state index contributed by atoms with van der Waals surface area (Å²) in [5.74, 6) is -0.933. The van der Waals surface area contributed by atoms with Crippen LogP contribution in [0, 0.1) is 0 Å². The van der Waals surface area contributed by atoms with Gasteiger partial charge in [-0.2, -0.15) is 0 Å². The van der Waals surface area contributed by atoms with Crippen LogP contribution in [0.2, 0.25) is 0 Å². The lowest BCUT2D eigenvalue weighted by atomic mass is 10.0. The molecule has 0 aromatic rings. The van der Waals surface area contributed by atoms with E-state index < -0.39 is 68.0 Å². The van der Waals surface area contributed by atoms with Crippen LogP contribution in [0.15, 0.2) is 0 Å². The van der Waals surface area contributed by atoms with Gasteiger partial charge in [0.15, 0.2) is 12.6 Å². The van der Waals surface area contributed by atoms with Crippen LogP contribution in [0.25, 0.3) is 0 Å². The lowest BCUT2D eigenvalue weighted by Crippen LogP contribution is -2.46. The molecule has 0 radical (unpaired) electrons. The summed E-state index contributed by atoms with van der Waals surface area (Å²) in [5.41, 5.74) is 10.4. The van der Waals surface area contributed by atoms with E-state index in [2.05, 4.69) is 0 Å². The Kier molecular flexibility index (Phi) is 23.2. The van der Waals surface area contributed by atoms with E-state index in [0.29, 0.717) is 13.0 Å². The maximum Gasteiger partial charge on any atom is 0.320 e. The normalized spacial score (nSPS) is 18.1. The van der Waals surface area contributed by atoms with Crippen LogP contribution in [0.3, 0.4) is 0 Å². The lowest BCUT2D eigenvalue weighted by molar-refractivity contribution is -0.138. The minimum Gasteiger partial charge on any atom is -0.480 e. The molecule has 0 aliphatic heterocycles. The number of aldehydes is 2. The summed E-state index contributed by atoms with van der Waals surface area (Å²) in [5, 5.41) is 85.9. The number of carboxylic acid groups (broad SMARTS) is 1. The average molecular weight is 476 g/mol. The van der Waals surface area contributed by atoms with Gasteiger partial charge in [0.05, 0.1) is 13.2 Å². The maximum atomic E-state index is 10.1. The van der Waals surface area contributed by atoms with Crippen molar-refractivity contribution in [2.45, 2.75) is 68.0 Å². The third-order valence-electron chi connectivity index (χ3n) is 3.78. The fraction of sp³-hybridized carbons (Fsp3) is 0.824. The summed E-state index contributed by atoms with van der Waals surface area (Å²) in [6.07, 6.45) is -9.31. The number of rotatable bonds is 14. The minimum atomic E-state index is -1.79. The number of carbonyl (C=O) groups is 3. The molecule has 0 unspecified atom stereocenters. The second-order valence-corrected chi connectivity index (χ2v) is 6.45. The quantitative estimate of drug-likeness (QED) is 0.0818. The number of carboxylic acids is 1. The van der Waals surface area contributed by atoms with Crippen LogP contribution < -0.4 is 11.5 Å². The average Bonchev–Trinajstić information content (AvgIpc) is 2.80. The molecule has 0 spiro atoms. The van der Waals surface area contributed by atoms with E-state index in [9.17, 15) is 14.4 Å². The number of carbonyl (C=O) groups excluding carboxylic acids is 2. The van der Waals surface area contributed by atoms with E-state index in [1.165, 1.54) is 0 Å². The van der Waals surface area contributed by atoms with Crippen LogP contribution in [0.4, 0.5) is 0 Å². The maximum absolute atomic E-state index is 10.1. The predicted octanol–water partition coefficient (Wildman–Crippen LogP) is -6.59. The SMILES string of the molecule is NCCCC[C@H](N)C(=O)O.O=C[C@H](O)[C@@H](O)[C@H](O)CO.O=C[C@H](O)[C@@H](O)[C@H](O)[C@H](O)CO. The summed E-state index contributed by atoms with van der Waals surface area (Å²) < 4.78 is 0. The van der Waals surface area contributed by atoms with Crippen LogP contribution >= 0.6 is 0 Å². The molecule has 0 saturated carbocycles. The van der Waals surface area contributed by atoms with Crippen molar-refractivity contribution >= 4 is 18.5 Å². The van der Waals surface area contributed by atoms with Gasteiger partial charge in [0.1, 0.15) is 48.8 Å². The molecule has 0 amide bonds. The molecule has 0 saturated heterocycles. The molecular formula is C17H36N2O13. The Morgan fingerprint density at radius 2 is 1.16 bits per heavy atom. The molecule has 14 N–H and O–H groups in total. The standard InChI is InChI=1S/C6H14N2O2.C6H12O6.C5H10O5/c7-4-2-1-3-5(8)6(9)10;7-1-3(9)5(11)6(12)4(10)2-8;6-1-3(8)5(10)4(9)2-7/h5H,1-4,7-8H2,(H,9,10);1,3-6,8-12H,2H2;1,3-5,7-10H,2H2/t5-;3-,4+,5+,6+;3-,4+,5+/m000/s1. The molecule has 0 bridgehead atoms. The van der Waals surface area contributed by atoms with E-state index in [-0.39, 0.29) is 12.6 Å². The molecule has 192 valence electrons. The van der Waals surface area contributed by atoms with Crippen LogP contribution in [0.5, 0.6) is 0 Å². The zero-order valence-electron chi connectivity index (χ0n) is 17.4. The van der Waals surface area contributed by atoms with E-state index in [0.717, 1.165) is 12.8 Å². The highest BCUT2D eigenvalue weighted by Crippen LogP contribution is 2.03. The summed E-state index contributed by atoms with van der Waals surface area (Å²) in [6, 6.07) is -0.716. The molecule has 0 aromatic carbocycles. The Balaban J connectivity index is -0.000000397. The first kappa shape index (κ1) is 35.0. The highest BCUT2D eigenvalue weighted by atomic mass is 16.4. The van der Waals surface area contributed by atoms with Crippen LogP contribution in [0.1, 0.15) is 19.3 Å². The van der Waals surface area contributed by atoms with Gasteiger partial charge in [0, 0.05) is 0 Å². The lowest BCUT2D eigenvalue weighted by Gasteiger charge is -2.22. The predicted molar refractivity (Wildman–Crippen MR) is 107 cm³/mol. The number of aliphatic hydroxyl groups is 9. The van der Waals surface area contributed by atoms with Gasteiger partial charge in [-0.25, -0.2) is 0 Å². The molecule has 0 heterocycles. The highest BCUT2D eigenvalue weighted by Gasteiger charge is 2.29. The topological polar surface area (TPSA) is 306 Å². The summed E-state index contributed by atoms with van der Waals surface area (Å²) >= 11 is 0.